The topological polar surface area (TPSA) is 92.5 Å². The van der Waals surface area contributed by atoms with Crippen molar-refractivity contribution in [2.45, 2.75) is 55.9 Å². The van der Waals surface area contributed by atoms with Gasteiger partial charge in [-0.05, 0) is 73.6 Å². The fourth-order valence-corrected chi connectivity index (χ4v) is 6.00. The minimum absolute atomic E-state index is 0. The normalized spacial score (nSPS) is 26.5. The van der Waals surface area contributed by atoms with E-state index in [0.29, 0.717) is 16.7 Å². The molecular weight excluding hydrogens is 398 g/mol. The van der Waals surface area contributed by atoms with Crippen molar-refractivity contribution in [3.63, 3.8) is 0 Å². The molecule has 3 N–H and O–H groups in total. The summed E-state index contributed by atoms with van der Waals surface area (Å²) in [4.78, 5) is 14.6. The summed E-state index contributed by atoms with van der Waals surface area (Å²) in [5.41, 5.74) is 8.52. The summed E-state index contributed by atoms with van der Waals surface area (Å²) in [5, 5.41) is 0. The maximum atomic E-state index is 12.6. The van der Waals surface area contributed by atoms with Crippen LogP contribution in [-0.2, 0) is 27.7 Å². The summed E-state index contributed by atoms with van der Waals surface area (Å²) in [6.45, 7) is 1.63. The van der Waals surface area contributed by atoms with Crippen LogP contribution in [0.25, 0.3) is 0 Å². The van der Waals surface area contributed by atoms with Crippen LogP contribution in [0.2, 0.25) is 0 Å². The second-order valence-electron chi connectivity index (χ2n) is 8.25. The highest BCUT2D eigenvalue weighted by molar-refractivity contribution is 7.89. The molecule has 2 aliphatic carbocycles. The van der Waals surface area contributed by atoms with Gasteiger partial charge in [0, 0.05) is 32.1 Å². The van der Waals surface area contributed by atoms with E-state index >= 15 is 0 Å². The van der Waals surface area contributed by atoms with Crippen LogP contribution in [0.3, 0.4) is 0 Å². The van der Waals surface area contributed by atoms with E-state index in [4.69, 9.17) is 5.73 Å². The Morgan fingerprint density at radius 2 is 1.89 bits per heavy atom. The fourth-order valence-electron chi connectivity index (χ4n) is 4.92. The second kappa shape index (κ2) is 8.69. The third kappa shape index (κ3) is 4.37. The molecule has 1 aromatic rings. The van der Waals surface area contributed by atoms with Crippen LogP contribution in [0.4, 0.5) is 0 Å². The molecule has 0 spiro atoms. The molecule has 0 aromatic heterocycles. The molecule has 1 aliphatic heterocycles. The maximum absolute atomic E-state index is 12.6. The lowest BCUT2D eigenvalue weighted by Crippen LogP contribution is -2.35. The number of carbonyl (C=O) groups is 1. The van der Waals surface area contributed by atoms with E-state index in [0.717, 1.165) is 50.8 Å². The number of hydrogen-bond acceptors (Lipinski definition) is 4. The zero-order valence-corrected chi connectivity index (χ0v) is 17.7. The van der Waals surface area contributed by atoms with E-state index in [-0.39, 0.29) is 37.3 Å². The summed E-state index contributed by atoms with van der Waals surface area (Å²) in [6.07, 6.45) is 6.59. The van der Waals surface area contributed by atoms with Gasteiger partial charge in [0.1, 0.15) is 0 Å². The van der Waals surface area contributed by atoms with Gasteiger partial charge in [0.15, 0.2) is 0 Å². The molecule has 156 valence electrons. The number of amides is 1. The first-order chi connectivity index (χ1) is 12.9. The minimum atomic E-state index is -3.58. The number of sulfonamides is 1. The number of nitrogens with two attached hydrogens (primary N) is 1. The van der Waals surface area contributed by atoms with E-state index in [1.807, 2.05) is 11.0 Å². The predicted molar refractivity (Wildman–Crippen MR) is 111 cm³/mol. The first kappa shape index (κ1) is 21.6. The van der Waals surface area contributed by atoms with Crippen LogP contribution in [0.1, 0.15) is 43.2 Å². The Balaban J connectivity index is 0.00000225. The van der Waals surface area contributed by atoms with Crippen molar-refractivity contribution < 1.29 is 13.2 Å². The Labute approximate surface area is 173 Å². The van der Waals surface area contributed by atoms with Crippen molar-refractivity contribution >= 4 is 28.3 Å². The molecule has 1 saturated carbocycles. The van der Waals surface area contributed by atoms with Crippen molar-refractivity contribution in [3.05, 3.63) is 29.3 Å². The summed E-state index contributed by atoms with van der Waals surface area (Å²) in [7, 11) is -3.58. The average molecular weight is 428 g/mol. The number of hydrogen-bond donors (Lipinski definition) is 2. The Hall–Kier alpha value is -1.15. The summed E-state index contributed by atoms with van der Waals surface area (Å²) >= 11 is 0. The molecule has 4 rings (SSSR count). The number of benzene rings is 1. The number of carbonyl (C=O) groups excluding carboxylic acids is 1. The zero-order chi connectivity index (χ0) is 19.0. The lowest BCUT2D eigenvalue weighted by atomic mass is 9.92. The van der Waals surface area contributed by atoms with Gasteiger partial charge in [0.25, 0.3) is 0 Å². The number of nitrogens with zero attached hydrogens (tertiary/aromatic N) is 1. The van der Waals surface area contributed by atoms with Crippen LogP contribution in [-0.4, -0.2) is 44.9 Å². The summed E-state index contributed by atoms with van der Waals surface area (Å²) < 4.78 is 27.7. The van der Waals surface area contributed by atoms with Crippen LogP contribution in [0, 0.1) is 11.8 Å². The van der Waals surface area contributed by atoms with E-state index in [1.165, 1.54) is 12.0 Å². The Morgan fingerprint density at radius 1 is 1.14 bits per heavy atom. The van der Waals surface area contributed by atoms with Crippen molar-refractivity contribution in [2.24, 2.45) is 17.6 Å². The molecular formula is C20H30ClN3O3S. The lowest BCUT2D eigenvalue weighted by Gasteiger charge is -2.19. The molecule has 8 heteroatoms. The third-order valence-electron chi connectivity index (χ3n) is 6.53. The molecule has 3 aliphatic rings. The molecule has 28 heavy (non-hydrogen) atoms. The van der Waals surface area contributed by atoms with Gasteiger partial charge in [-0.25, -0.2) is 13.1 Å². The Bertz CT molecular complexity index is 830. The molecule has 1 heterocycles. The van der Waals surface area contributed by atoms with Gasteiger partial charge in [-0.15, -0.1) is 12.4 Å². The monoisotopic (exact) mass is 427 g/mol. The van der Waals surface area contributed by atoms with E-state index < -0.39 is 10.0 Å². The summed E-state index contributed by atoms with van der Waals surface area (Å²) in [6, 6.07) is 5.61. The smallest absolute Gasteiger partial charge is 0.240 e. The highest BCUT2D eigenvalue weighted by Crippen LogP contribution is 2.37. The highest BCUT2D eigenvalue weighted by Gasteiger charge is 2.42. The number of rotatable bonds is 5. The van der Waals surface area contributed by atoms with Gasteiger partial charge < -0.3 is 10.6 Å². The molecule has 0 radical (unpaired) electrons. The van der Waals surface area contributed by atoms with Crippen LogP contribution < -0.4 is 10.5 Å². The molecule has 1 amide bonds. The second-order valence-corrected chi connectivity index (χ2v) is 10.0. The first-order valence-electron chi connectivity index (χ1n) is 10.1. The third-order valence-corrected chi connectivity index (χ3v) is 7.98. The van der Waals surface area contributed by atoms with Crippen LogP contribution in [0.15, 0.2) is 23.1 Å². The molecule has 0 bridgehead atoms. The first-order valence-corrected chi connectivity index (χ1v) is 11.6. The standard InChI is InChI=1S/C20H29N3O3S.ClH/c21-19-8-6-16-12-23(13-18(16)19)20(24)9-10-22-27(25,26)17-7-5-14-3-1-2-4-15(14)11-17;/h5,7,11,16,18-19,22H,1-4,6,8-10,12-13,21H2;1H. The van der Waals surface area contributed by atoms with Gasteiger partial charge in [-0.2, -0.15) is 0 Å². The van der Waals surface area contributed by atoms with Gasteiger partial charge >= 0.3 is 0 Å². The van der Waals surface area contributed by atoms with Gasteiger partial charge in [-0.1, -0.05) is 6.07 Å². The SMILES string of the molecule is Cl.NC1CCC2CN(C(=O)CCNS(=O)(=O)c3ccc4c(c3)CCCC4)CC12. The number of halogens is 1. The van der Waals surface area contributed by atoms with Crippen molar-refractivity contribution in [1.82, 2.24) is 9.62 Å². The van der Waals surface area contributed by atoms with Gasteiger partial charge in [0.2, 0.25) is 15.9 Å². The Kier molecular flexibility index (Phi) is 6.69. The quantitative estimate of drug-likeness (QED) is 0.750. The number of fused-ring (bicyclic) bond motifs is 2. The maximum Gasteiger partial charge on any atom is 0.240 e. The number of likely N-dealkylation sites (tertiary alicyclic amines) is 1. The molecule has 1 saturated heterocycles. The molecule has 1 aromatic carbocycles. The largest absolute Gasteiger partial charge is 0.342 e. The Morgan fingerprint density at radius 3 is 2.64 bits per heavy atom. The average Bonchev–Trinajstić information content (AvgIpc) is 3.23. The zero-order valence-electron chi connectivity index (χ0n) is 16.1. The highest BCUT2D eigenvalue weighted by atomic mass is 35.5. The van der Waals surface area contributed by atoms with E-state index in [2.05, 4.69) is 4.72 Å². The van der Waals surface area contributed by atoms with Crippen molar-refractivity contribution in [3.8, 4) is 0 Å². The lowest BCUT2D eigenvalue weighted by molar-refractivity contribution is -0.130. The summed E-state index contributed by atoms with van der Waals surface area (Å²) in [5.74, 6) is 0.960. The van der Waals surface area contributed by atoms with Crippen molar-refractivity contribution in [2.75, 3.05) is 19.6 Å². The van der Waals surface area contributed by atoms with E-state index in [9.17, 15) is 13.2 Å². The number of nitrogens with one attached hydrogen (secondary N) is 1. The molecule has 3 unspecified atom stereocenters. The fraction of sp³-hybridized carbons (Fsp3) is 0.650. The van der Waals surface area contributed by atoms with Crippen LogP contribution >= 0.6 is 12.4 Å². The van der Waals surface area contributed by atoms with Crippen LogP contribution in [0.5, 0.6) is 0 Å². The minimum Gasteiger partial charge on any atom is -0.342 e. The predicted octanol–water partition coefficient (Wildman–Crippen LogP) is 1.85. The molecule has 2 fully saturated rings. The van der Waals surface area contributed by atoms with Gasteiger partial charge in [0.05, 0.1) is 4.90 Å². The van der Waals surface area contributed by atoms with Crippen molar-refractivity contribution in [1.29, 1.82) is 0 Å². The van der Waals surface area contributed by atoms with E-state index in [1.54, 1.807) is 12.1 Å². The molecule has 3 atom stereocenters. The molecule has 6 nitrogen and oxygen atoms in total. The number of aryl methyl sites for hydroxylation is 2. The van der Waals surface area contributed by atoms with Gasteiger partial charge in [-0.3, -0.25) is 4.79 Å².